The SMILES string of the molecule is Cc1nc(C(=O)N2CC=CC(NC(=O)C=C3CCC3)C2)nn1-c1ccccc1. The number of aromatic nitrogens is 3. The third kappa shape index (κ3) is 3.88. The largest absolute Gasteiger partial charge is 0.345 e. The lowest BCUT2D eigenvalue weighted by Gasteiger charge is -2.28. The first kappa shape index (κ1) is 18.2. The fraction of sp³-hybridized carbons (Fsp3) is 0.333. The molecule has 1 atom stereocenters. The Labute approximate surface area is 163 Å². The molecule has 144 valence electrons. The molecule has 1 aliphatic heterocycles. The number of carbonyl (C=O) groups is 2. The van der Waals surface area contributed by atoms with Gasteiger partial charge in [0.25, 0.3) is 5.91 Å². The summed E-state index contributed by atoms with van der Waals surface area (Å²) in [7, 11) is 0. The standard InChI is InChI=1S/C21H23N5O2/c1-15-22-20(24-26(15)18-10-3-2-4-11-18)21(28)25-12-6-9-17(14-25)23-19(27)13-16-7-5-8-16/h2-4,6,9-11,13,17H,5,7-8,12,14H2,1H3,(H,23,27). The minimum Gasteiger partial charge on any atom is -0.345 e. The summed E-state index contributed by atoms with van der Waals surface area (Å²) in [5.74, 6) is 0.483. The van der Waals surface area contributed by atoms with Crippen LogP contribution in [0.5, 0.6) is 0 Å². The van der Waals surface area contributed by atoms with E-state index in [1.54, 1.807) is 15.7 Å². The van der Waals surface area contributed by atoms with Crippen molar-refractivity contribution in [2.45, 2.75) is 32.2 Å². The van der Waals surface area contributed by atoms with E-state index in [1.165, 1.54) is 5.57 Å². The molecule has 1 aromatic carbocycles. The Kier molecular flexibility index (Phi) is 5.06. The number of aryl methyl sites for hydroxylation is 1. The van der Waals surface area contributed by atoms with Crippen molar-refractivity contribution in [1.29, 1.82) is 0 Å². The van der Waals surface area contributed by atoms with Gasteiger partial charge < -0.3 is 10.2 Å². The molecule has 1 aromatic heterocycles. The van der Waals surface area contributed by atoms with Gasteiger partial charge in [-0.2, -0.15) is 0 Å². The lowest BCUT2D eigenvalue weighted by Crippen LogP contribution is -2.47. The Hall–Kier alpha value is -3.22. The van der Waals surface area contributed by atoms with E-state index >= 15 is 0 Å². The van der Waals surface area contributed by atoms with E-state index in [2.05, 4.69) is 15.4 Å². The quantitative estimate of drug-likeness (QED) is 0.654. The van der Waals surface area contributed by atoms with Gasteiger partial charge in [-0.15, -0.1) is 5.10 Å². The number of carbonyl (C=O) groups excluding carboxylic acids is 2. The highest BCUT2D eigenvalue weighted by Gasteiger charge is 2.26. The highest BCUT2D eigenvalue weighted by molar-refractivity contribution is 5.91. The highest BCUT2D eigenvalue weighted by Crippen LogP contribution is 2.24. The summed E-state index contributed by atoms with van der Waals surface area (Å²) in [5.41, 5.74) is 2.05. The van der Waals surface area contributed by atoms with Crippen molar-refractivity contribution < 1.29 is 9.59 Å². The third-order valence-corrected chi connectivity index (χ3v) is 5.02. The molecule has 1 unspecified atom stereocenters. The predicted molar refractivity (Wildman–Crippen MR) is 105 cm³/mol. The van der Waals surface area contributed by atoms with Crippen molar-refractivity contribution in [3.8, 4) is 5.69 Å². The van der Waals surface area contributed by atoms with Crippen molar-refractivity contribution in [3.63, 3.8) is 0 Å². The number of nitrogens with one attached hydrogen (secondary N) is 1. The van der Waals surface area contributed by atoms with Gasteiger partial charge in [-0.1, -0.05) is 35.9 Å². The van der Waals surface area contributed by atoms with E-state index in [1.807, 2.05) is 49.4 Å². The van der Waals surface area contributed by atoms with E-state index in [-0.39, 0.29) is 23.7 Å². The van der Waals surface area contributed by atoms with Crippen molar-refractivity contribution in [2.75, 3.05) is 13.1 Å². The highest BCUT2D eigenvalue weighted by atomic mass is 16.2. The first-order valence-corrected chi connectivity index (χ1v) is 9.55. The molecule has 1 fully saturated rings. The molecule has 0 saturated heterocycles. The number of amides is 2. The first-order valence-electron chi connectivity index (χ1n) is 9.55. The number of rotatable bonds is 4. The average molecular weight is 377 g/mol. The number of hydrogen-bond donors (Lipinski definition) is 1. The lowest BCUT2D eigenvalue weighted by molar-refractivity contribution is -0.117. The average Bonchev–Trinajstić information content (AvgIpc) is 3.07. The van der Waals surface area contributed by atoms with Crippen molar-refractivity contribution in [2.24, 2.45) is 0 Å². The fourth-order valence-corrected chi connectivity index (χ4v) is 3.36. The van der Waals surface area contributed by atoms with Crippen LogP contribution >= 0.6 is 0 Å². The molecular weight excluding hydrogens is 354 g/mol. The van der Waals surface area contributed by atoms with Gasteiger partial charge in [0.1, 0.15) is 5.82 Å². The molecule has 2 aliphatic rings. The van der Waals surface area contributed by atoms with Crippen LogP contribution < -0.4 is 5.32 Å². The van der Waals surface area contributed by atoms with Crippen LogP contribution in [0.4, 0.5) is 0 Å². The van der Waals surface area contributed by atoms with Crippen molar-refractivity contribution >= 4 is 11.8 Å². The molecule has 7 nitrogen and oxygen atoms in total. The maximum Gasteiger partial charge on any atom is 0.293 e. The summed E-state index contributed by atoms with van der Waals surface area (Å²) in [6.45, 7) is 2.71. The first-order chi connectivity index (χ1) is 13.6. The zero-order valence-electron chi connectivity index (χ0n) is 15.8. The Balaban J connectivity index is 1.44. The van der Waals surface area contributed by atoms with Gasteiger partial charge >= 0.3 is 0 Å². The number of nitrogens with zero attached hydrogens (tertiary/aromatic N) is 4. The Bertz CT molecular complexity index is 939. The van der Waals surface area contributed by atoms with Gasteiger partial charge in [0.05, 0.1) is 11.7 Å². The summed E-state index contributed by atoms with van der Waals surface area (Å²) < 4.78 is 1.66. The second-order valence-electron chi connectivity index (χ2n) is 7.14. The Morgan fingerprint density at radius 1 is 1.21 bits per heavy atom. The Morgan fingerprint density at radius 3 is 2.71 bits per heavy atom. The molecule has 0 bridgehead atoms. The monoisotopic (exact) mass is 377 g/mol. The molecule has 1 N–H and O–H groups in total. The van der Waals surface area contributed by atoms with Crippen molar-refractivity contribution in [3.05, 3.63) is 65.8 Å². The number of benzene rings is 1. The molecule has 28 heavy (non-hydrogen) atoms. The van der Waals surface area contributed by atoms with E-state index < -0.39 is 0 Å². The van der Waals surface area contributed by atoms with Gasteiger partial charge in [-0.3, -0.25) is 9.59 Å². The van der Waals surface area contributed by atoms with Crippen LogP contribution in [-0.4, -0.2) is 50.6 Å². The summed E-state index contributed by atoms with van der Waals surface area (Å²) >= 11 is 0. The topological polar surface area (TPSA) is 80.1 Å². The maximum absolute atomic E-state index is 12.9. The van der Waals surface area contributed by atoms with Crippen LogP contribution in [0, 0.1) is 6.92 Å². The second kappa shape index (κ2) is 7.80. The zero-order chi connectivity index (χ0) is 19.5. The maximum atomic E-state index is 12.9. The third-order valence-electron chi connectivity index (χ3n) is 5.02. The minimum atomic E-state index is -0.237. The minimum absolute atomic E-state index is 0.0963. The molecule has 2 heterocycles. The normalized spacial score (nSPS) is 18.5. The van der Waals surface area contributed by atoms with Crippen LogP contribution in [0.25, 0.3) is 5.69 Å². The van der Waals surface area contributed by atoms with Crippen LogP contribution in [0.2, 0.25) is 0 Å². The summed E-state index contributed by atoms with van der Waals surface area (Å²) in [5, 5.41) is 7.35. The van der Waals surface area contributed by atoms with Gasteiger partial charge in [-0.25, -0.2) is 9.67 Å². The van der Waals surface area contributed by atoms with Crippen molar-refractivity contribution in [1.82, 2.24) is 25.0 Å². The summed E-state index contributed by atoms with van der Waals surface area (Å²) in [6, 6.07) is 9.39. The van der Waals surface area contributed by atoms with Gasteiger partial charge in [-0.05, 0) is 38.3 Å². The Morgan fingerprint density at radius 2 is 2.00 bits per heavy atom. The molecule has 0 radical (unpaired) electrons. The number of hydrogen-bond acceptors (Lipinski definition) is 4. The van der Waals surface area contributed by atoms with E-state index in [0.717, 1.165) is 24.9 Å². The summed E-state index contributed by atoms with van der Waals surface area (Å²) in [4.78, 5) is 31.0. The summed E-state index contributed by atoms with van der Waals surface area (Å²) in [6.07, 6.45) is 8.69. The molecule has 1 aliphatic carbocycles. The van der Waals surface area contributed by atoms with E-state index in [9.17, 15) is 9.59 Å². The zero-order valence-corrected chi connectivity index (χ0v) is 15.8. The smallest absolute Gasteiger partial charge is 0.293 e. The van der Waals surface area contributed by atoms with Crippen LogP contribution in [-0.2, 0) is 4.79 Å². The molecule has 0 spiro atoms. The van der Waals surface area contributed by atoms with Gasteiger partial charge in [0.15, 0.2) is 0 Å². The molecule has 7 heteroatoms. The molecule has 1 saturated carbocycles. The van der Waals surface area contributed by atoms with E-state index in [4.69, 9.17) is 0 Å². The van der Waals surface area contributed by atoms with Gasteiger partial charge in [0, 0.05) is 19.2 Å². The molecule has 2 aromatic rings. The van der Waals surface area contributed by atoms with Crippen LogP contribution in [0.15, 0.2) is 54.1 Å². The molecular formula is C21H23N5O2. The van der Waals surface area contributed by atoms with Crippen LogP contribution in [0.3, 0.4) is 0 Å². The number of allylic oxidation sites excluding steroid dienone is 1. The molecule has 2 amide bonds. The lowest BCUT2D eigenvalue weighted by atomic mass is 9.92. The predicted octanol–water partition coefficient (Wildman–Crippen LogP) is 2.18. The molecule has 4 rings (SSSR count). The van der Waals surface area contributed by atoms with Crippen LogP contribution in [0.1, 0.15) is 35.7 Å². The second-order valence-corrected chi connectivity index (χ2v) is 7.14. The number of para-hydroxylation sites is 1. The fourth-order valence-electron chi connectivity index (χ4n) is 3.36. The van der Waals surface area contributed by atoms with E-state index in [0.29, 0.717) is 18.9 Å². The van der Waals surface area contributed by atoms with Gasteiger partial charge in [0.2, 0.25) is 11.7 Å².